The van der Waals surface area contributed by atoms with E-state index in [1.807, 2.05) is 84.9 Å². The summed E-state index contributed by atoms with van der Waals surface area (Å²) in [7, 11) is 0.269. The van der Waals surface area contributed by atoms with Crippen molar-refractivity contribution >= 4 is 74.4 Å². The van der Waals surface area contributed by atoms with Crippen molar-refractivity contribution in [2.24, 2.45) is 0 Å². The molecule has 6 aromatic heterocycles. The van der Waals surface area contributed by atoms with E-state index < -0.39 is 0 Å². The summed E-state index contributed by atoms with van der Waals surface area (Å²) < 4.78 is 4.47. The largest absolute Gasteiger partial charge is 0.356 e. The molecule has 0 bridgehead atoms. The Morgan fingerprint density at radius 2 is 0.594 bits per heavy atom. The van der Waals surface area contributed by atoms with Gasteiger partial charge in [-0.15, -0.1) is 0 Å². The molecule has 0 saturated heterocycles. The van der Waals surface area contributed by atoms with E-state index in [0.717, 1.165) is 78.7 Å². The van der Waals surface area contributed by atoms with Crippen molar-refractivity contribution in [3.05, 3.63) is 231 Å². The molecular formula is C56H40N7P. The van der Waals surface area contributed by atoms with Crippen LogP contribution >= 0.6 is 8.58 Å². The molecule has 6 aromatic carbocycles. The first-order chi connectivity index (χ1) is 31.7. The van der Waals surface area contributed by atoms with Crippen molar-refractivity contribution in [1.82, 2.24) is 29.1 Å². The lowest BCUT2D eigenvalue weighted by atomic mass is 10.2. The first kappa shape index (κ1) is 38.7. The zero-order valence-corrected chi connectivity index (χ0v) is 35.6. The summed E-state index contributed by atoms with van der Waals surface area (Å²) in [4.78, 5) is 20.4. The fourth-order valence-electron chi connectivity index (χ4n) is 8.35. The molecule has 0 aliphatic carbocycles. The number of hydrogen-bond acceptors (Lipinski definition) is 5. The average Bonchev–Trinajstić information content (AvgIpc) is 3.88. The molecule has 1 N–H and O–H groups in total. The van der Waals surface area contributed by atoms with Crippen LogP contribution < -0.4 is 16.2 Å². The van der Waals surface area contributed by atoms with Crippen LogP contribution in [0.15, 0.2) is 231 Å². The Balaban J connectivity index is 0.000000302. The van der Waals surface area contributed by atoms with Gasteiger partial charge in [0.05, 0.1) is 55.7 Å². The lowest BCUT2D eigenvalue weighted by Gasteiger charge is -2.10. The van der Waals surface area contributed by atoms with Gasteiger partial charge in [-0.2, -0.15) is 0 Å². The number of pyridine rings is 4. The normalized spacial score (nSPS) is 11.2. The van der Waals surface area contributed by atoms with Crippen molar-refractivity contribution in [3.8, 4) is 34.4 Å². The fourth-order valence-corrected chi connectivity index (χ4v) is 9.33. The molecule has 8 heteroatoms. The number of benzene rings is 6. The summed E-state index contributed by atoms with van der Waals surface area (Å²) in [5, 5.41) is 8.16. The molecule has 0 fully saturated rings. The van der Waals surface area contributed by atoms with Gasteiger partial charge in [-0.25, -0.2) is 19.9 Å². The van der Waals surface area contributed by atoms with Crippen LogP contribution in [0.5, 0.6) is 0 Å². The molecule has 6 heterocycles. The highest BCUT2D eigenvalue weighted by molar-refractivity contribution is 7.54. The highest BCUT2D eigenvalue weighted by Crippen LogP contribution is 2.33. The topological polar surface area (TPSA) is 73.5 Å². The number of nitrogens with one attached hydrogen (secondary N) is 1. The number of aromatic nitrogens is 6. The predicted molar refractivity (Wildman–Crippen MR) is 267 cm³/mol. The molecule has 0 saturated carbocycles. The monoisotopic (exact) mass is 841 g/mol. The maximum atomic E-state index is 5.13. The van der Waals surface area contributed by atoms with Gasteiger partial charge < -0.3 is 5.32 Å². The van der Waals surface area contributed by atoms with E-state index in [2.05, 4.69) is 160 Å². The van der Waals surface area contributed by atoms with Gasteiger partial charge in [-0.05, 0) is 106 Å². The lowest BCUT2D eigenvalue weighted by Crippen LogP contribution is -2.11. The Bertz CT molecular complexity index is 3240. The highest BCUT2D eigenvalue weighted by atomic mass is 31.1. The molecular weight excluding hydrogens is 802 g/mol. The van der Waals surface area contributed by atoms with Crippen molar-refractivity contribution < 1.29 is 0 Å². The van der Waals surface area contributed by atoms with Crippen LogP contribution in [0.4, 0.5) is 11.4 Å². The molecule has 304 valence electrons. The summed E-state index contributed by atoms with van der Waals surface area (Å²) in [6.07, 6.45) is 0. The Labute approximate surface area is 372 Å². The summed E-state index contributed by atoms with van der Waals surface area (Å²) in [5.74, 6) is 1.73. The molecule has 0 radical (unpaired) electrons. The quantitative estimate of drug-likeness (QED) is 0.154. The summed E-state index contributed by atoms with van der Waals surface area (Å²) in [6, 6.07) is 78.9. The zero-order valence-electron chi connectivity index (χ0n) is 34.6. The zero-order chi connectivity index (χ0) is 42.7. The van der Waals surface area contributed by atoms with E-state index in [4.69, 9.17) is 19.9 Å². The third-order valence-electron chi connectivity index (χ3n) is 11.2. The van der Waals surface area contributed by atoms with Crippen molar-refractivity contribution in [1.29, 1.82) is 0 Å². The molecule has 0 amide bonds. The van der Waals surface area contributed by atoms with Crippen LogP contribution in [-0.4, -0.2) is 29.1 Å². The van der Waals surface area contributed by atoms with Gasteiger partial charge in [0.25, 0.3) is 0 Å². The average molecular weight is 842 g/mol. The SMILES string of the molecule is c1cc(Pc2cccc(-c3cccc(-n4c5ccccc5c5ccccc54)n3)n2)nc(-c2cccc(-n3c4ccccc4c4ccccc43)n2)c1.c1ccc(Nc2ccccc2)cc1. The van der Waals surface area contributed by atoms with E-state index in [0.29, 0.717) is 0 Å². The van der Waals surface area contributed by atoms with Crippen molar-refractivity contribution in [2.75, 3.05) is 5.32 Å². The number of nitrogens with zero attached hydrogens (tertiary/aromatic N) is 6. The number of hydrogen-bond donors (Lipinski definition) is 1. The van der Waals surface area contributed by atoms with E-state index in [1.54, 1.807) is 0 Å². The molecule has 12 aromatic rings. The van der Waals surface area contributed by atoms with Gasteiger partial charge in [0.1, 0.15) is 11.6 Å². The molecule has 0 aliphatic heterocycles. The molecule has 12 rings (SSSR count). The molecule has 0 unspecified atom stereocenters. The third-order valence-corrected chi connectivity index (χ3v) is 12.3. The first-order valence-electron chi connectivity index (χ1n) is 21.2. The standard InChI is InChI=1S/C44H29N6P.C12H11N/c1-5-21-37-29(13-1)30-14-2-6-22-38(30)49(37)41-25-9-17-33(45-41)35-19-11-27-43(47-35)51-44-28-12-20-36(48-44)34-18-10-26-42(46-34)50-39-23-7-3-15-31(39)32-16-4-8-24-40(32)50;1-3-7-11(8-4-1)13-12-9-5-2-6-10-12/h1-28,51H;1-10,13H. The number of rotatable bonds is 8. The van der Waals surface area contributed by atoms with Crippen molar-refractivity contribution in [2.45, 2.75) is 0 Å². The maximum absolute atomic E-state index is 5.13. The Hall–Kier alpha value is -8.25. The maximum Gasteiger partial charge on any atom is 0.138 e. The van der Waals surface area contributed by atoms with Gasteiger partial charge in [0.2, 0.25) is 0 Å². The van der Waals surface area contributed by atoms with Crippen LogP contribution in [0, 0.1) is 0 Å². The van der Waals surface area contributed by atoms with E-state index in [9.17, 15) is 0 Å². The third kappa shape index (κ3) is 7.66. The van der Waals surface area contributed by atoms with Gasteiger partial charge >= 0.3 is 0 Å². The van der Waals surface area contributed by atoms with E-state index in [-0.39, 0.29) is 8.58 Å². The minimum absolute atomic E-state index is 0.269. The highest BCUT2D eigenvalue weighted by Gasteiger charge is 2.16. The Kier molecular flexibility index (Phi) is 10.4. The van der Waals surface area contributed by atoms with Gasteiger partial charge in [-0.3, -0.25) is 9.13 Å². The molecule has 0 atom stereocenters. The molecule has 0 spiro atoms. The number of fused-ring (bicyclic) bond motifs is 6. The van der Waals surface area contributed by atoms with Crippen LogP contribution in [0.2, 0.25) is 0 Å². The minimum atomic E-state index is 0.269. The smallest absolute Gasteiger partial charge is 0.138 e. The summed E-state index contributed by atoms with van der Waals surface area (Å²) >= 11 is 0. The number of anilines is 2. The number of para-hydroxylation sites is 6. The van der Waals surface area contributed by atoms with Crippen LogP contribution in [-0.2, 0) is 0 Å². The van der Waals surface area contributed by atoms with Gasteiger partial charge in [-0.1, -0.05) is 133 Å². The first-order valence-corrected chi connectivity index (χ1v) is 22.2. The predicted octanol–water partition coefficient (Wildman–Crippen LogP) is 12.9. The van der Waals surface area contributed by atoms with Gasteiger partial charge in [0, 0.05) is 32.9 Å². The Morgan fingerprint density at radius 3 is 0.969 bits per heavy atom. The molecule has 64 heavy (non-hydrogen) atoms. The molecule has 7 nitrogen and oxygen atoms in total. The molecule has 0 aliphatic rings. The summed E-state index contributed by atoms with van der Waals surface area (Å²) in [5.41, 5.74) is 12.0. The van der Waals surface area contributed by atoms with Crippen LogP contribution in [0.1, 0.15) is 0 Å². The second-order valence-corrected chi connectivity index (χ2v) is 16.6. The minimum Gasteiger partial charge on any atom is -0.356 e. The van der Waals surface area contributed by atoms with E-state index in [1.165, 1.54) is 21.5 Å². The van der Waals surface area contributed by atoms with Crippen molar-refractivity contribution in [3.63, 3.8) is 0 Å². The lowest BCUT2D eigenvalue weighted by molar-refractivity contribution is 1.08. The van der Waals surface area contributed by atoms with Gasteiger partial charge in [0.15, 0.2) is 0 Å². The Morgan fingerprint density at radius 1 is 0.281 bits per heavy atom. The second kappa shape index (κ2) is 17.3. The summed E-state index contributed by atoms with van der Waals surface area (Å²) in [6.45, 7) is 0. The van der Waals surface area contributed by atoms with E-state index >= 15 is 0 Å². The fraction of sp³-hybridized carbons (Fsp3) is 0. The second-order valence-electron chi connectivity index (χ2n) is 15.3. The van der Waals surface area contributed by atoms with Crippen LogP contribution in [0.25, 0.3) is 78.0 Å². The van der Waals surface area contributed by atoms with Crippen LogP contribution in [0.3, 0.4) is 0 Å².